The van der Waals surface area contributed by atoms with Crippen LogP contribution in [0.2, 0.25) is 0 Å². The normalized spacial score (nSPS) is 10.9. The second-order valence-electron chi connectivity index (χ2n) is 9.59. The molecule has 2 N–H and O–H groups in total. The van der Waals surface area contributed by atoms with Crippen LogP contribution >= 0.6 is 7.60 Å². The first kappa shape index (κ1) is 36.1. The standard InChI is InChI=1S/C33H27O7P.2K/c34-27-12-4-23(5-13-27)32(24-6-14-28(35)15-7-24)21-22-2-1-3-30(20-22)40-29-16-8-25(9-17-29)33(36)26-10-18-31(19-11-26)41(37,38)39;;/h1-20,32,34-35H,21H2,(H2,37,38,39);;/q;2*+1/p-2. The van der Waals surface area contributed by atoms with Crippen LogP contribution in [0.1, 0.15) is 38.5 Å². The van der Waals surface area contributed by atoms with Crippen molar-refractivity contribution < 1.29 is 137 Å². The van der Waals surface area contributed by atoms with Crippen molar-refractivity contribution in [3.63, 3.8) is 0 Å². The molecular formula is C33H25K2O7P. The molecule has 206 valence electrons. The van der Waals surface area contributed by atoms with Gasteiger partial charge in [0.15, 0.2) is 5.78 Å². The van der Waals surface area contributed by atoms with Gasteiger partial charge in [0.05, 0.1) is 0 Å². The number of phenols is 2. The second kappa shape index (κ2) is 16.2. The van der Waals surface area contributed by atoms with E-state index in [0.29, 0.717) is 23.5 Å². The Balaban J connectivity index is 0.00000253. The molecule has 0 aliphatic carbocycles. The van der Waals surface area contributed by atoms with Crippen molar-refractivity contribution in [2.75, 3.05) is 0 Å². The number of carbonyl (C=O) groups excluding carboxylic acids is 1. The molecule has 5 rings (SSSR count). The van der Waals surface area contributed by atoms with E-state index < -0.39 is 7.60 Å². The Kier molecular flexibility index (Phi) is 13.6. The molecule has 0 radical (unpaired) electrons. The van der Waals surface area contributed by atoms with E-state index >= 15 is 0 Å². The Morgan fingerprint density at radius 3 is 1.65 bits per heavy atom. The number of ether oxygens (including phenoxy) is 1. The van der Waals surface area contributed by atoms with Crippen molar-refractivity contribution in [1.29, 1.82) is 0 Å². The fourth-order valence-corrected chi connectivity index (χ4v) is 5.10. The molecule has 0 saturated carbocycles. The molecule has 0 aliphatic rings. The molecule has 0 fully saturated rings. The molecule has 0 spiro atoms. The maximum Gasteiger partial charge on any atom is 1.00 e. The van der Waals surface area contributed by atoms with Gasteiger partial charge >= 0.3 is 103 Å². The van der Waals surface area contributed by atoms with Gasteiger partial charge in [-0.3, -0.25) is 4.79 Å². The van der Waals surface area contributed by atoms with Crippen LogP contribution in [0.3, 0.4) is 0 Å². The van der Waals surface area contributed by atoms with Gasteiger partial charge in [0, 0.05) is 17.0 Å². The third-order valence-electron chi connectivity index (χ3n) is 6.73. The molecule has 0 aromatic heterocycles. The van der Waals surface area contributed by atoms with Crippen LogP contribution in [-0.4, -0.2) is 16.0 Å². The van der Waals surface area contributed by atoms with Crippen LogP contribution in [0, 0.1) is 0 Å². The molecule has 0 aliphatic heterocycles. The summed E-state index contributed by atoms with van der Waals surface area (Å²) >= 11 is 0. The van der Waals surface area contributed by atoms with Crippen LogP contribution in [0.25, 0.3) is 0 Å². The number of aromatic hydroxyl groups is 2. The first-order chi connectivity index (χ1) is 19.7. The Bertz CT molecular complexity index is 1660. The molecule has 0 unspecified atom stereocenters. The third kappa shape index (κ3) is 9.79. The van der Waals surface area contributed by atoms with Gasteiger partial charge in [-0.05, 0) is 96.7 Å². The number of phenolic OH excluding ortho intramolecular Hbond substituents is 2. The number of ketones is 1. The van der Waals surface area contributed by atoms with Gasteiger partial charge in [-0.2, -0.15) is 0 Å². The van der Waals surface area contributed by atoms with Gasteiger partial charge < -0.3 is 29.3 Å². The summed E-state index contributed by atoms with van der Waals surface area (Å²) in [5, 5.41) is 19.1. The number of carbonyl (C=O) groups is 1. The zero-order valence-corrected chi connectivity index (χ0v) is 30.9. The maximum atomic E-state index is 12.8. The van der Waals surface area contributed by atoms with Gasteiger partial charge in [-0.25, -0.2) is 0 Å². The summed E-state index contributed by atoms with van der Waals surface area (Å²) in [6, 6.07) is 33.3. The minimum absolute atomic E-state index is 0. The number of rotatable bonds is 9. The van der Waals surface area contributed by atoms with E-state index in [0.717, 1.165) is 28.8 Å². The molecule has 10 heteroatoms. The molecule has 43 heavy (non-hydrogen) atoms. The number of benzene rings is 5. The molecule has 5 aromatic carbocycles. The first-order valence-corrected chi connectivity index (χ1v) is 14.3. The molecule has 7 nitrogen and oxygen atoms in total. The third-order valence-corrected chi connectivity index (χ3v) is 7.66. The zero-order valence-electron chi connectivity index (χ0n) is 23.7. The topological polar surface area (TPSA) is 130 Å². The minimum Gasteiger partial charge on any atom is -0.807 e. The predicted molar refractivity (Wildman–Crippen MR) is 152 cm³/mol. The first-order valence-electron chi connectivity index (χ1n) is 12.8. The van der Waals surface area contributed by atoms with E-state index in [1.165, 1.54) is 12.1 Å². The van der Waals surface area contributed by atoms with Gasteiger partial charge in [-0.15, -0.1) is 0 Å². The summed E-state index contributed by atoms with van der Waals surface area (Å²) in [6.07, 6.45) is 0.646. The average molecular weight is 643 g/mol. The quantitative estimate of drug-likeness (QED) is 0.120. The molecule has 0 amide bonds. The second-order valence-corrected chi connectivity index (χ2v) is 11.1. The van der Waals surface area contributed by atoms with Crippen molar-refractivity contribution in [3.05, 3.63) is 149 Å². The SMILES string of the molecule is O=C(c1ccc(Oc2cccc(CC(c3ccc(O)cc3)c3ccc(O)cc3)c2)cc1)c1ccc(P(=O)([O-])[O-])cc1.[K+].[K+]. The smallest absolute Gasteiger partial charge is 0.807 e. The van der Waals surface area contributed by atoms with Crippen molar-refractivity contribution in [1.82, 2.24) is 0 Å². The Morgan fingerprint density at radius 2 is 1.16 bits per heavy atom. The fourth-order valence-electron chi connectivity index (χ4n) is 4.59. The Labute approximate surface area is 335 Å². The molecule has 5 aromatic rings. The van der Waals surface area contributed by atoms with Crippen LogP contribution in [0.5, 0.6) is 23.0 Å². The van der Waals surface area contributed by atoms with Crippen molar-refractivity contribution in [2.24, 2.45) is 0 Å². The van der Waals surface area contributed by atoms with E-state index in [9.17, 15) is 29.4 Å². The molecule has 0 saturated heterocycles. The van der Waals surface area contributed by atoms with E-state index in [2.05, 4.69) is 0 Å². The molecular weight excluding hydrogens is 618 g/mol. The summed E-state index contributed by atoms with van der Waals surface area (Å²) in [4.78, 5) is 35.1. The van der Waals surface area contributed by atoms with Crippen molar-refractivity contribution in [3.8, 4) is 23.0 Å². The molecule has 0 atom stereocenters. The Hall–Kier alpha value is -1.41. The monoisotopic (exact) mass is 642 g/mol. The largest absolute Gasteiger partial charge is 1.00 e. The number of hydrogen-bond donors (Lipinski definition) is 2. The summed E-state index contributed by atoms with van der Waals surface area (Å²) in [6.45, 7) is 0. The molecule has 0 bridgehead atoms. The van der Waals surface area contributed by atoms with E-state index in [-0.39, 0.29) is 137 Å². The fraction of sp³-hybridized carbons (Fsp3) is 0.0606. The van der Waals surface area contributed by atoms with Crippen molar-refractivity contribution >= 4 is 18.7 Å². The van der Waals surface area contributed by atoms with E-state index in [4.69, 9.17) is 4.74 Å². The van der Waals surface area contributed by atoms with E-state index in [1.807, 2.05) is 48.5 Å². The summed E-state index contributed by atoms with van der Waals surface area (Å²) in [7, 11) is -4.87. The summed E-state index contributed by atoms with van der Waals surface area (Å²) in [5.41, 5.74) is 3.71. The van der Waals surface area contributed by atoms with Crippen LogP contribution in [-0.2, 0) is 11.0 Å². The summed E-state index contributed by atoms with van der Waals surface area (Å²) < 4.78 is 17.2. The average Bonchev–Trinajstić information content (AvgIpc) is 2.97. The van der Waals surface area contributed by atoms with Crippen LogP contribution in [0.4, 0.5) is 0 Å². The van der Waals surface area contributed by atoms with Gasteiger partial charge in [0.25, 0.3) is 0 Å². The van der Waals surface area contributed by atoms with E-state index in [1.54, 1.807) is 48.5 Å². The maximum absolute atomic E-state index is 12.8. The zero-order chi connectivity index (χ0) is 29.0. The molecule has 0 heterocycles. The predicted octanol–water partition coefficient (Wildman–Crippen LogP) is -0.957. The van der Waals surface area contributed by atoms with Gasteiger partial charge in [0.2, 0.25) is 0 Å². The number of hydrogen-bond acceptors (Lipinski definition) is 7. The Morgan fingerprint density at radius 1 is 0.674 bits per heavy atom. The van der Waals surface area contributed by atoms with Crippen molar-refractivity contribution in [2.45, 2.75) is 12.3 Å². The summed E-state index contributed by atoms with van der Waals surface area (Å²) in [5.74, 6) is 1.18. The minimum atomic E-state index is -4.87. The van der Waals surface area contributed by atoms with Gasteiger partial charge in [-0.1, -0.05) is 60.7 Å². The van der Waals surface area contributed by atoms with Gasteiger partial charge in [0.1, 0.15) is 23.0 Å². The van der Waals surface area contributed by atoms with Crippen LogP contribution < -0.4 is 123 Å². The van der Waals surface area contributed by atoms with Crippen LogP contribution in [0.15, 0.2) is 121 Å².